The molecule has 6 rings (SSSR count). The molecule has 1 saturated heterocycles. The zero-order valence-corrected chi connectivity index (χ0v) is 26.4. The molecule has 0 amide bonds. The van der Waals surface area contributed by atoms with Gasteiger partial charge in [0, 0.05) is 67.1 Å². The van der Waals surface area contributed by atoms with Crippen molar-refractivity contribution in [3.63, 3.8) is 0 Å². The SMILES string of the molecule is NCCc1cccc(-n2cc(-c3ccc(OC(F)(F)F)cc3)c3cc(CN4CCN(Cc5ccccc5Cl)CC4)ccc32)c1.O=CO. The van der Waals surface area contributed by atoms with Crippen LogP contribution in [-0.4, -0.2) is 65.0 Å². The van der Waals surface area contributed by atoms with Gasteiger partial charge in [-0.15, -0.1) is 13.2 Å². The van der Waals surface area contributed by atoms with E-state index in [9.17, 15) is 13.2 Å². The maximum absolute atomic E-state index is 12.8. The molecule has 47 heavy (non-hydrogen) atoms. The quantitative estimate of drug-likeness (QED) is 0.160. The minimum absolute atomic E-state index is 0.242. The lowest BCUT2D eigenvalue weighted by molar-refractivity contribution is -0.274. The summed E-state index contributed by atoms with van der Waals surface area (Å²) in [6, 6.07) is 28.9. The summed E-state index contributed by atoms with van der Waals surface area (Å²) in [6.07, 6.45) is -1.90. The average Bonchev–Trinajstić information content (AvgIpc) is 3.42. The molecule has 0 aliphatic carbocycles. The molecule has 1 aromatic heterocycles. The zero-order valence-electron chi connectivity index (χ0n) is 25.7. The maximum atomic E-state index is 12.8. The van der Waals surface area contributed by atoms with Crippen LogP contribution in [0.1, 0.15) is 16.7 Å². The van der Waals surface area contributed by atoms with Gasteiger partial charge < -0.3 is 20.1 Å². The third kappa shape index (κ3) is 8.93. The van der Waals surface area contributed by atoms with Gasteiger partial charge in [-0.3, -0.25) is 14.6 Å². The smallest absolute Gasteiger partial charge is 0.483 e. The van der Waals surface area contributed by atoms with Gasteiger partial charge in [-0.05, 0) is 77.7 Å². The van der Waals surface area contributed by atoms with Crippen LogP contribution in [0, 0.1) is 0 Å². The Morgan fingerprint density at radius 1 is 0.851 bits per heavy atom. The van der Waals surface area contributed by atoms with Gasteiger partial charge in [0.05, 0.1) is 5.52 Å². The molecule has 0 unspecified atom stereocenters. The lowest BCUT2D eigenvalue weighted by Crippen LogP contribution is -2.45. The Morgan fingerprint density at radius 2 is 1.53 bits per heavy atom. The molecule has 7 nitrogen and oxygen atoms in total. The Balaban J connectivity index is 0.00000139. The Labute approximate surface area is 276 Å². The highest BCUT2D eigenvalue weighted by Gasteiger charge is 2.31. The average molecular weight is 665 g/mol. The molecule has 1 aliphatic heterocycles. The highest BCUT2D eigenvalue weighted by molar-refractivity contribution is 6.31. The van der Waals surface area contributed by atoms with Crippen molar-refractivity contribution in [2.75, 3.05) is 32.7 Å². The maximum Gasteiger partial charge on any atom is 0.573 e. The van der Waals surface area contributed by atoms with E-state index in [1.54, 1.807) is 12.1 Å². The largest absolute Gasteiger partial charge is 0.573 e. The fourth-order valence-corrected chi connectivity index (χ4v) is 6.11. The van der Waals surface area contributed by atoms with Gasteiger partial charge in [0.1, 0.15) is 5.75 Å². The summed E-state index contributed by atoms with van der Waals surface area (Å²) < 4.78 is 44.6. The summed E-state index contributed by atoms with van der Waals surface area (Å²) in [5.41, 5.74) is 13.1. The van der Waals surface area contributed by atoms with Crippen LogP contribution in [0.3, 0.4) is 0 Å². The summed E-state index contributed by atoms with van der Waals surface area (Å²) in [7, 11) is 0. The normalized spacial score (nSPS) is 14.1. The lowest BCUT2D eigenvalue weighted by Gasteiger charge is -2.35. The van der Waals surface area contributed by atoms with Gasteiger partial charge in [0.15, 0.2) is 0 Å². The predicted molar refractivity (Wildman–Crippen MR) is 179 cm³/mol. The molecule has 1 aliphatic rings. The lowest BCUT2D eigenvalue weighted by atomic mass is 10.0. The van der Waals surface area contributed by atoms with E-state index in [1.165, 1.54) is 17.7 Å². The highest BCUT2D eigenvalue weighted by atomic mass is 35.5. The first-order chi connectivity index (χ1) is 22.7. The standard InChI is InChI=1S/C35H34ClF3N4O.CH2O2/c36-33-7-2-1-5-28(33)23-42-18-16-41(17-19-42)22-26-8-13-34-31(21-26)32(27-9-11-30(12-10-27)44-35(37,38)39)24-43(34)29-6-3-4-25(20-29)14-15-40;2-1-3/h1-13,20-21,24H,14-19,22-23,40H2;1H,(H,2,3). The Morgan fingerprint density at radius 3 is 2.19 bits per heavy atom. The molecule has 5 aromatic rings. The minimum Gasteiger partial charge on any atom is -0.483 e. The predicted octanol–water partition coefficient (Wildman–Crippen LogP) is 7.37. The summed E-state index contributed by atoms with van der Waals surface area (Å²) >= 11 is 6.38. The molecule has 0 saturated carbocycles. The zero-order chi connectivity index (χ0) is 33.4. The molecule has 3 N–H and O–H groups in total. The van der Waals surface area contributed by atoms with Crippen molar-refractivity contribution in [2.24, 2.45) is 5.73 Å². The number of fused-ring (bicyclic) bond motifs is 1. The molecule has 4 aromatic carbocycles. The van der Waals surface area contributed by atoms with Crippen LogP contribution in [0.15, 0.2) is 97.2 Å². The highest BCUT2D eigenvalue weighted by Crippen LogP contribution is 2.35. The number of aromatic nitrogens is 1. The Bertz CT molecular complexity index is 1790. The van der Waals surface area contributed by atoms with Crippen LogP contribution in [0.25, 0.3) is 27.7 Å². The number of nitrogens with two attached hydrogens (primary N) is 1. The first-order valence-corrected chi connectivity index (χ1v) is 15.6. The van der Waals surface area contributed by atoms with Gasteiger partial charge in [-0.2, -0.15) is 0 Å². The Kier molecular flexibility index (Phi) is 11.2. The van der Waals surface area contributed by atoms with Crippen molar-refractivity contribution < 1.29 is 27.8 Å². The molecule has 246 valence electrons. The second-order valence-electron chi connectivity index (χ2n) is 11.3. The fourth-order valence-electron chi connectivity index (χ4n) is 5.92. The van der Waals surface area contributed by atoms with Crippen molar-refractivity contribution in [1.29, 1.82) is 0 Å². The van der Waals surface area contributed by atoms with E-state index >= 15 is 0 Å². The number of hydrogen-bond acceptors (Lipinski definition) is 5. The number of carboxylic acid groups (broad SMARTS) is 1. The van der Waals surface area contributed by atoms with Crippen molar-refractivity contribution in [3.8, 4) is 22.6 Å². The van der Waals surface area contributed by atoms with Crippen molar-refractivity contribution >= 4 is 29.0 Å². The molecule has 11 heteroatoms. The first-order valence-electron chi connectivity index (χ1n) is 15.2. The molecule has 0 radical (unpaired) electrons. The Hall–Kier alpha value is -4.35. The number of hydrogen-bond donors (Lipinski definition) is 2. The van der Waals surface area contributed by atoms with Crippen molar-refractivity contribution in [1.82, 2.24) is 14.4 Å². The van der Waals surface area contributed by atoms with Crippen LogP contribution in [0.2, 0.25) is 5.02 Å². The third-order valence-corrected chi connectivity index (χ3v) is 8.48. The number of carbonyl (C=O) groups is 1. The fraction of sp³-hybridized carbons (Fsp3) is 0.250. The van der Waals surface area contributed by atoms with Crippen LogP contribution in [0.4, 0.5) is 13.2 Å². The van der Waals surface area contributed by atoms with E-state index in [0.717, 1.165) is 89.6 Å². The van der Waals surface area contributed by atoms with Gasteiger partial charge >= 0.3 is 6.36 Å². The molecule has 0 bridgehead atoms. The van der Waals surface area contributed by atoms with Crippen LogP contribution in [-0.2, 0) is 24.3 Å². The number of alkyl halides is 3. The molecular formula is C36H36ClF3N4O3. The summed E-state index contributed by atoms with van der Waals surface area (Å²) in [5.74, 6) is -0.242. The molecular weight excluding hydrogens is 629 g/mol. The molecule has 2 heterocycles. The van der Waals surface area contributed by atoms with Gasteiger partial charge in [-0.1, -0.05) is 60.1 Å². The monoisotopic (exact) mass is 664 g/mol. The van der Waals surface area contributed by atoms with E-state index < -0.39 is 6.36 Å². The van der Waals surface area contributed by atoms with E-state index in [0.29, 0.717) is 6.54 Å². The molecule has 0 atom stereocenters. The number of benzene rings is 4. The second kappa shape index (κ2) is 15.5. The van der Waals surface area contributed by atoms with E-state index in [1.807, 2.05) is 24.3 Å². The van der Waals surface area contributed by atoms with Gasteiger partial charge in [0.2, 0.25) is 0 Å². The number of halogens is 4. The van der Waals surface area contributed by atoms with Crippen molar-refractivity contribution in [2.45, 2.75) is 25.9 Å². The molecule has 0 spiro atoms. The van der Waals surface area contributed by atoms with E-state index in [-0.39, 0.29) is 12.2 Å². The number of piperazine rings is 1. The van der Waals surface area contributed by atoms with Crippen LogP contribution < -0.4 is 10.5 Å². The second-order valence-corrected chi connectivity index (χ2v) is 11.7. The first kappa shape index (κ1) is 34.0. The summed E-state index contributed by atoms with van der Waals surface area (Å²) in [5, 5.41) is 8.73. The summed E-state index contributed by atoms with van der Waals surface area (Å²) in [4.78, 5) is 13.3. The topological polar surface area (TPSA) is 84.0 Å². The van der Waals surface area contributed by atoms with Crippen molar-refractivity contribution in [3.05, 3.63) is 119 Å². The minimum atomic E-state index is -4.74. The van der Waals surface area contributed by atoms with Gasteiger partial charge in [-0.25, -0.2) is 0 Å². The molecule has 1 fully saturated rings. The van der Waals surface area contributed by atoms with E-state index in [2.05, 4.69) is 67.8 Å². The third-order valence-electron chi connectivity index (χ3n) is 8.11. The van der Waals surface area contributed by atoms with Crippen LogP contribution >= 0.6 is 11.6 Å². The van der Waals surface area contributed by atoms with Gasteiger partial charge in [0.25, 0.3) is 6.47 Å². The summed E-state index contributed by atoms with van der Waals surface area (Å²) in [6.45, 7) is 5.78. The number of nitrogens with zero attached hydrogens (tertiary/aromatic N) is 3. The van der Waals surface area contributed by atoms with Crippen LogP contribution in [0.5, 0.6) is 5.75 Å². The van der Waals surface area contributed by atoms with E-state index in [4.69, 9.17) is 27.2 Å². The number of rotatable bonds is 9. The number of ether oxygens (including phenoxy) is 1.